The summed E-state index contributed by atoms with van der Waals surface area (Å²) in [6, 6.07) is 21.3. The molecule has 0 aliphatic heterocycles. The number of aromatic nitrogens is 1. The predicted octanol–water partition coefficient (Wildman–Crippen LogP) is 2.91. The third-order valence-electron chi connectivity index (χ3n) is 3.83. The number of carbonyl (C=O) groups excluding carboxylic acids is 2. The summed E-state index contributed by atoms with van der Waals surface area (Å²) in [6.45, 7) is 0.483. The maximum Gasteiger partial charge on any atom is 0.260 e. The van der Waals surface area contributed by atoms with Crippen molar-refractivity contribution in [1.29, 1.82) is 0 Å². The first kappa shape index (κ1) is 19.9. The van der Waals surface area contributed by atoms with Crippen molar-refractivity contribution in [2.24, 2.45) is 0 Å². The van der Waals surface area contributed by atoms with Crippen molar-refractivity contribution < 1.29 is 19.1 Å². The lowest BCUT2D eigenvalue weighted by Gasteiger charge is -2.12. The number of nitrogens with zero attached hydrogens (tertiary/aromatic N) is 1. The second kappa shape index (κ2) is 10.5. The van der Waals surface area contributed by atoms with Crippen LogP contribution in [-0.2, 0) is 4.79 Å². The van der Waals surface area contributed by atoms with E-state index in [4.69, 9.17) is 9.47 Å². The number of hydrogen-bond donors (Lipinski definition) is 2. The highest BCUT2D eigenvalue weighted by molar-refractivity contribution is 6.05. The van der Waals surface area contributed by atoms with Gasteiger partial charge in [-0.3, -0.25) is 9.59 Å². The number of benzene rings is 2. The third-order valence-corrected chi connectivity index (χ3v) is 3.83. The maximum absolute atomic E-state index is 12.5. The number of pyridine rings is 1. The van der Waals surface area contributed by atoms with Gasteiger partial charge >= 0.3 is 0 Å². The summed E-state index contributed by atoms with van der Waals surface area (Å²) in [5.74, 6) is 0.823. The summed E-state index contributed by atoms with van der Waals surface area (Å²) in [6.07, 6.45) is 1.59. The maximum atomic E-state index is 12.5. The number of hydrogen-bond acceptors (Lipinski definition) is 5. The normalized spacial score (nSPS) is 10.1. The Labute approximate surface area is 168 Å². The van der Waals surface area contributed by atoms with Gasteiger partial charge in [0, 0.05) is 6.20 Å². The lowest BCUT2D eigenvalue weighted by Crippen LogP contribution is -2.32. The van der Waals surface area contributed by atoms with Crippen molar-refractivity contribution in [1.82, 2.24) is 10.3 Å². The second-order valence-electron chi connectivity index (χ2n) is 5.97. The SMILES string of the molecule is O=C(COc1ccccc1C(=O)Nc1ccccn1)NCCOc1ccccc1. The van der Waals surface area contributed by atoms with Crippen LogP contribution in [0.5, 0.6) is 11.5 Å². The summed E-state index contributed by atoms with van der Waals surface area (Å²) in [7, 11) is 0. The van der Waals surface area contributed by atoms with E-state index >= 15 is 0 Å². The van der Waals surface area contributed by atoms with Gasteiger partial charge in [0.1, 0.15) is 23.9 Å². The Morgan fingerprint density at radius 2 is 1.62 bits per heavy atom. The van der Waals surface area contributed by atoms with Crippen molar-refractivity contribution in [3.05, 3.63) is 84.6 Å². The largest absolute Gasteiger partial charge is 0.492 e. The van der Waals surface area contributed by atoms with E-state index in [2.05, 4.69) is 15.6 Å². The number of carbonyl (C=O) groups is 2. The zero-order chi connectivity index (χ0) is 20.3. The number of ether oxygens (including phenoxy) is 2. The van der Waals surface area contributed by atoms with Gasteiger partial charge in [0.25, 0.3) is 11.8 Å². The third kappa shape index (κ3) is 6.35. The van der Waals surface area contributed by atoms with Crippen LogP contribution in [0.3, 0.4) is 0 Å². The second-order valence-corrected chi connectivity index (χ2v) is 5.97. The predicted molar refractivity (Wildman–Crippen MR) is 109 cm³/mol. The van der Waals surface area contributed by atoms with Gasteiger partial charge in [0.15, 0.2) is 6.61 Å². The topological polar surface area (TPSA) is 89.6 Å². The summed E-state index contributed by atoms with van der Waals surface area (Å²) >= 11 is 0. The number of amides is 2. The molecule has 0 saturated carbocycles. The Morgan fingerprint density at radius 1 is 0.862 bits per heavy atom. The van der Waals surface area contributed by atoms with Crippen LogP contribution >= 0.6 is 0 Å². The van der Waals surface area contributed by atoms with Gasteiger partial charge in [-0.1, -0.05) is 36.4 Å². The fraction of sp³-hybridized carbons (Fsp3) is 0.136. The minimum absolute atomic E-state index is 0.209. The quantitative estimate of drug-likeness (QED) is 0.548. The molecule has 1 heterocycles. The Kier molecular flexibility index (Phi) is 7.17. The van der Waals surface area contributed by atoms with E-state index in [-0.39, 0.29) is 18.4 Å². The van der Waals surface area contributed by atoms with Crippen molar-refractivity contribution in [2.45, 2.75) is 0 Å². The molecule has 7 heteroatoms. The summed E-state index contributed by atoms with van der Waals surface area (Å²) in [4.78, 5) is 28.5. The first-order valence-corrected chi connectivity index (χ1v) is 9.11. The molecule has 0 spiro atoms. The van der Waals surface area contributed by atoms with Gasteiger partial charge < -0.3 is 20.1 Å². The molecular formula is C22H21N3O4. The van der Waals surface area contributed by atoms with Crippen LogP contribution in [0.15, 0.2) is 79.0 Å². The molecule has 0 unspecified atom stereocenters. The van der Waals surface area contributed by atoms with E-state index in [9.17, 15) is 9.59 Å². The molecule has 7 nitrogen and oxygen atoms in total. The van der Waals surface area contributed by atoms with Crippen molar-refractivity contribution in [3.63, 3.8) is 0 Å². The molecule has 0 fully saturated rings. The molecule has 2 N–H and O–H groups in total. The van der Waals surface area contributed by atoms with Crippen LogP contribution in [0, 0.1) is 0 Å². The Morgan fingerprint density at radius 3 is 2.41 bits per heavy atom. The fourth-order valence-corrected chi connectivity index (χ4v) is 2.47. The van der Waals surface area contributed by atoms with E-state index in [1.165, 1.54) is 0 Å². The lowest BCUT2D eigenvalue weighted by molar-refractivity contribution is -0.123. The number of rotatable bonds is 9. The van der Waals surface area contributed by atoms with E-state index in [1.807, 2.05) is 30.3 Å². The number of nitrogens with one attached hydrogen (secondary N) is 2. The Hall–Kier alpha value is -3.87. The van der Waals surface area contributed by atoms with E-state index < -0.39 is 0 Å². The fourth-order valence-electron chi connectivity index (χ4n) is 2.47. The van der Waals surface area contributed by atoms with Crippen LogP contribution < -0.4 is 20.1 Å². The molecule has 0 bridgehead atoms. The van der Waals surface area contributed by atoms with Crippen LogP contribution in [0.1, 0.15) is 10.4 Å². The highest BCUT2D eigenvalue weighted by Gasteiger charge is 2.14. The minimum atomic E-state index is -0.365. The highest BCUT2D eigenvalue weighted by atomic mass is 16.5. The molecule has 2 aromatic carbocycles. The molecule has 0 aliphatic carbocycles. The molecule has 3 rings (SSSR count). The van der Waals surface area contributed by atoms with Crippen LogP contribution in [0.25, 0.3) is 0 Å². The van der Waals surface area contributed by atoms with Crippen LogP contribution in [-0.4, -0.2) is 36.6 Å². The Bertz CT molecular complexity index is 933. The van der Waals surface area contributed by atoms with Gasteiger partial charge in [0.05, 0.1) is 12.1 Å². The average Bonchev–Trinajstić information content (AvgIpc) is 2.77. The van der Waals surface area contributed by atoms with Gasteiger partial charge in [-0.15, -0.1) is 0 Å². The molecule has 0 saturated heterocycles. The lowest BCUT2D eigenvalue weighted by atomic mass is 10.2. The molecular weight excluding hydrogens is 370 g/mol. The molecule has 29 heavy (non-hydrogen) atoms. The number of para-hydroxylation sites is 2. The first-order valence-electron chi connectivity index (χ1n) is 9.11. The standard InChI is InChI=1S/C22H21N3O4/c26-21(24-14-15-28-17-8-2-1-3-9-17)16-29-19-11-5-4-10-18(19)22(27)25-20-12-6-7-13-23-20/h1-13H,14-16H2,(H,24,26)(H,23,25,27). The molecule has 0 atom stereocenters. The zero-order valence-electron chi connectivity index (χ0n) is 15.7. The van der Waals surface area contributed by atoms with Crippen molar-refractivity contribution in [2.75, 3.05) is 25.1 Å². The van der Waals surface area contributed by atoms with E-state index in [1.54, 1.807) is 48.7 Å². The van der Waals surface area contributed by atoms with Gasteiger partial charge in [-0.25, -0.2) is 4.98 Å². The summed E-state index contributed by atoms with van der Waals surface area (Å²) < 4.78 is 11.1. The zero-order valence-corrected chi connectivity index (χ0v) is 15.7. The Balaban J connectivity index is 1.46. The highest BCUT2D eigenvalue weighted by Crippen LogP contribution is 2.19. The van der Waals surface area contributed by atoms with E-state index in [0.29, 0.717) is 30.3 Å². The summed E-state index contributed by atoms with van der Waals surface area (Å²) in [5.41, 5.74) is 0.318. The smallest absolute Gasteiger partial charge is 0.260 e. The molecule has 2 amide bonds. The van der Waals surface area contributed by atoms with Crippen molar-refractivity contribution in [3.8, 4) is 11.5 Å². The molecule has 1 aromatic heterocycles. The average molecular weight is 391 g/mol. The van der Waals surface area contributed by atoms with Crippen LogP contribution in [0.2, 0.25) is 0 Å². The van der Waals surface area contributed by atoms with Gasteiger partial charge in [0.2, 0.25) is 0 Å². The molecule has 0 radical (unpaired) electrons. The minimum Gasteiger partial charge on any atom is -0.492 e. The monoisotopic (exact) mass is 391 g/mol. The van der Waals surface area contributed by atoms with Crippen LogP contribution in [0.4, 0.5) is 5.82 Å². The van der Waals surface area contributed by atoms with Gasteiger partial charge in [-0.05, 0) is 36.4 Å². The number of anilines is 1. The molecule has 148 valence electrons. The first-order chi connectivity index (χ1) is 14.2. The summed E-state index contributed by atoms with van der Waals surface area (Å²) in [5, 5.41) is 5.41. The molecule has 3 aromatic rings. The molecule has 0 aliphatic rings. The van der Waals surface area contributed by atoms with Crippen molar-refractivity contribution >= 4 is 17.6 Å². The van der Waals surface area contributed by atoms with E-state index in [0.717, 1.165) is 5.75 Å². The van der Waals surface area contributed by atoms with Gasteiger partial charge in [-0.2, -0.15) is 0 Å².